The van der Waals surface area contributed by atoms with Crippen molar-refractivity contribution < 1.29 is 4.79 Å². The summed E-state index contributed by atoms with van der Waals surface area (Å²) in [6, 6.07) is 4.25. The topological polar surface area (TPSA) is 22.0 Å². The molecule has 14 heavy (non-hydrogen) atoms. The molecule has 2 nitrogen and oxygen atoms in total. The summed E-state index contributed by atoms with van der Waals surface area (Å²) in [7, 11) is 0. The van der Waals surface area contributed by atoms with E-state index in [1.807, 2.05) is 18.3 Å². The lowest BCUT2D eigenvalue weighted by Gasteiger charge is -2.14. The second-order valence-electron chi connectivity index (χ2n) is 4.15. The Morgan fingerprint density at radius 1 is 1.50 bits per heavy atom. The van der Waals surface area contributed by atoms with Crippen LogP contribution in [0.4, 0.5) is 0 Å². The van der Waals surface area contributed by atoms with E-state index in [1.165, 1.54) is 6.42 Å². The van der Waals surface area contributed by atoms with E-state index in [4.69, 9.17) is 0 Å². The maximum atomic E-state index is 12.0. The lowest BCUT2D eigenvalue weighted by molar-refractivity contribution is 0.0915. The Balaban J connectivity index is 2.18. The summed E-state index contributed by atoms with van der Waals surface area (Å²) in [5, 5.41) is 0. The molecule has 2 atom stereocenters. The third-order valence-corrected chi connectivity index (χ3v) is 3.26. The molecule has 0 aromatic carbocycles. The molecule has 2 rings (SSSR count). The molecule has 0 fully saturated rings. The van der Waals surface area contributed by atoms with E-state index in [0.717, 1.165) is 18.5 Å². The van der Waals surface area contributed by atoms with E-state index in [-0.39, 0.29) is 5.92 Å². The zero-order valence-electron chi connectivity index (χ0n) is 8.86. The van der Waals surface area contributed by atoms with E-state index < -0.39 is 0 Å². The number of nitrogens with zero attached hydrogens (tertiary/aromatic N) is 1. The van der Waals surface area contributed by atoms with Gasteiger partial charge in [0.2, 0.25) is 0 Å². The van der Waals surface area contributed by atoms with Crippen molar-refractivity contribution in [2.24, 2.45) is 5.92 Å². The second kappa shape index (κ2) is 3.60. The molecule has 1 aromatic heterocycles. The lowest BCUT2D eigenvalue weighted by Crippen LogP contribution is -2.13. The van der Waals surface area contributed by atoms with E-state index in [2.05, 4.69) is 18.4 Å². The molecule has 2 heteroatoms. The van der Waals surface area contributed by atoms with Gasteiger partial charge in [0, 0.05) is 18.2 Å². The number of hydrogen-bond donors (Lipinski definition) is 0. The molecular formula is C12H17NO. The molecule has 1 aromatic rings. The van der Waals surface area contributed by atoms with Gasteiger partial charge in [-0.05, 0) is 25.5 Å². The first-order chi connectivity index (χ1) is 6.75. The van der Waals surface area contributed by atoms with Crippen molar-refractivity contribution >= 4 is 5.78 Å². The molecule has 0 unspecified atom stereocenters. The minimum absolute atomic E-state index is 0.228. The highest BCUT2D eigenvalue weighted by atomic mass is 16.1. The Kier molecular flexibility index (Phi) is 2.44. The molecular weight excluding hydrogens is 174 g/mol. The fourth-order valence-corrected chi connectivity index (χ4v) is 2.36. The molecule has 2 heterocycles. The number of fused-ring (bicyclic) bond motifs is 1. The zero-order chi connectivity index (χ0) is 10.1. The number of carbonyl (C=O) groups excluding carboxylic acids is 1. The third-order valence-electron chi connectivity index (χ3n) is 3.26. The van der Waals surface area contributed by atoms with Gasteiger partial charge >= 0.3 is 0 Å². The lowest BCUT2D eigenvalue weighted by atomic mass is 9.93. The number of aromatic nitrogens is 1. The van der Waals surface area contributed by atoms with Crippen LogP contribution in [-0.4, -0.2) is 10.4 Å². The Labute approximate surface area is 84.9 Å². The highest BCUT2D eigenvalue weighted by Gasteiger charge is 2.35. The number of rotatable bonds is 3. The van der Waals surface area contributed by atoms with Crippen LogP contribution in [-0.2, 0) is 0 Å². The van der Waals surface area contributed by atoms with Crippen LogP contribution in [0.15, 0.2) is 18.3 Å². The number of hydrogen-bond acceptors (Lipinski definition) is 1. The molecule has 0 radical (unpaired) electrons. The molecule has 0 amide bonds. The van der Waals surface area contributed by atoms with Gasteiger partial charge in [0.25, 0.3) is 0 Å². The van der Waals surface area contributed by atoms with Crippen LogP contribution in [0.25, 0.3) is 0 Å². The second-order valence-corrected chi connectivity index (χ2v) is 4.15. The fraction of sp³-hybridized carbons (Fsp3) is 0.583. The van der Waals surface area contributed by atoms with Crippen molar-refractivity contribution in [3.63, 3.8) is 0 Å². The van der Waals surface area contributed by atoms with Crippen molar-refractivity contribution in [1.82, 2.24) is 4.57 Å². The Morgan fingerprint density at radius 3 is 2.93 bits per heavy atom. The largest absolute Gasteiger partial charge is 0.342 e. The summed E-state index contributed by atoms with van der Waals surface area (Å²) in [4.78, 5) is 12.0. The van der Waals surface area contributed by atoms with Crippen LogP contribution in [0.3, 0.4) is 0 Å². The van der Waals surface area contributed by atoms with Crippen molar-refractivity contribution in [1.29, 1.82) is 0 Å². The number of ketones is 1. The normalized spacial score (nSPS) is 25.4. The SMILES string of the molecule is CCCC[C@@H]1C(=O)c2cccn2[C@@H]1C. The van der Waals surface area contributed by atoms with E-state index in [0.29, 0.717) is 11.8 Å². The average molecular weight is 191 g/mol. The first-order valence-electron chi connectivity index (χ1n) is 5.46. The minimum atomic E-state index is 0.228. The van der Waals surface area contributed by atoms with E-state index in [1.54, 1.807) is 0 Å². The van der Waals surface area contributed by atoms with Crippen LogP contribution < -0.4 is 0 Å². The van der Waals surface area contributed by atoms with Gasteiger partial charge in [0.1, 0.15) is 0 Å². The van der Waals surface area contributed by atoms with Gasteiger partial charge in [0.05, 0.1) is 5.69 Å². The van der Waals surface area contributed by atoms with Crippen LogP contribution >= 0.6 is 0 Å². The third kappa shape index (κ3) is 1.29. The van der Waals surface area contributed by atoms with Gasteiger partial charge in [-0.25, -0.2) is 0 Å². The molecule has 1 aliphatic rings. The van der Waals surface area contributed by atoms with E-state index in [9.17, 15) is 4.79 Å². The summed E-state index contributed by atoms with van der Waals surface area (Å²) in [6.07, 6.45) is 5.39. The molecule has 0 spiro atoms. The molecule has 0 saturated heterocycles. The van der Waals surface area contributed by atoms with Crippen molar-refractivity contribution in [2.45, 2.75) is 39.2 Å². The average Bonchev–Trinajstić information content (AvgIpc) is 2.72. The number of carbonyl (C=O) groups is 1. The number of unbranched alkanes of at least 4 members (excludes halogenated alkanes) is 1. The summed E-state index contributed by atoms with van der Waals surface area (Å²) in [6.45, 7) is 4.32. The van der Waals surface area contributed by atoms with Crippen molar-refractivity contribution in [2.75, 3.05) is 0 Å². The maximum Gasteiger partial charge on any atom is 0.184 e. The maximum absolute atomic E-state index is 12.0. The van der Waals surface area contributed by atoms with Crippen LogP contribution in [0.5, 0.6) is 0 Å². The smallest absolute Gasteiger partial charge is 0.184 e. The monoisotopic (exact) mass is 191 g/mol. The fourth-order valence-electron chi connectivity index (χ4n) is 2.36. The summed E-state index contributed by atoms with van der Waals surface area (Å²) in [5.41, 5.74) is 0.901. The Bertz CT molecular complexity index is 340. The molecule has 76 valence electrons. The van der Waals surface area contributed by atoms with Gasteiger partial charge < -0.3 is 4.57 Å². The first kappa shape index (κ1) is 9.50. The van der Waals surface area contributed by atoms with Crippen LogP contribution in [0.2, 0.25) is 0 Å². The van der Waals surface area contributed by atoms with Crippen molar-refractivity contribution in [3.8, 4) is 0 Å². The predicted octanol–water partition coefficient (Wildman–Crippen LogP) is 3.05. The minimum Gasteiger partial charge on any atom is -0.342 e. The highest BCUT2D eigenvalue weighted by molar-refractivity contribution is 5.98. The molecule has 0 N–H and O–H groups in total. The highest BCUT2D eigenvalue weighted by Crippen LogP contribution is 2.34. The molecule has 0 bridgehead atoms. The Hall–Kier alpha value is -1.05. The zero-order valence-corrected chi connectivity index (χ0v) is 8.86. The number of Topliss-reactive ketones (excluding diaryl/α,β-unsaturated/α-hetero) is 1. The summed E-state index contributed by atoms with van der Waals surface area (Å²) >= 11 is 0. The van der Waals surface area contributed by atoms with Crippen LogP contribution in [0, 0.1) is 5.92 Å². The van der Waals surface area contributed by atoms with Gasteiger partial charge in [-0.15, -0.1) is 0 Å². The Morgan fingerprint density at radius 2 is 2.29 bits per heavy atom. The van der Waals surface area contributed by atoms with Gasteiger partial charge in [0.15, 0.2) is 5.78 Å². The quantitative estimate of drug-likeness (QED) is 0.719. The standard InChI is InChI=1S/C12H17NO/c1-3-4-6-10-9(2)13-8-5-7-11(13)12(10)14/h5,7-10H,3-4,6H2,1-2H3/t9-,10+/m1/s1. The van der Waals surface area contributed by atoms with Gasteiger partial charge in [-0.3, -0.25) is 4.79 Å². The summed E-state index contributed by atoms with van der Waals surface area (Å²) in [5.74, 6) is 0.571. The first-order valence-corrected chi connectivity index (χ1v) is 5.46. The molecule has 0 saturated carbocycles. The molecule has 0 aliphatic carbocycles. The van der Waals surface area contributed by atoms with E-state index >= 15 is 0 Å². The van der Waals surface area contributed by atoms with Crippen LogP contribution in [0.1, 0.15) is 49.6 Å². The van der Waals surface area contributed by atoms with Gasteiger partial charge in [-0.1, -0.05) is 19.8 Å². The predicted molar refractivity (Wildman–Crippen MR) is 56.5 cm³/mol. The summed E-state index contributed by atoms with van der Waals surface area (Å²) < 4.78 is 2.11. The molecule has 1 aliphatic heterocycles. The van der Waals surface area contributed by atoms with Crippen molar-refractivity contribution in [3.05, 3.63) is 24.0 Å². The van der Waals surface area contributed by atoms with Gasteiger partial charge in [-0.2, -0.15) is 0 Å².